The first-order valence-corrected chi connectivity index (χ1v) is 10.2. The van der Waals surface area contributed by atoms with Crippen molar-refractivity contribution in [3.63, 3.8) is 0 Å². The van der Waals surface area contributed by atoms with E-state index in [1.165, 1.54) is 6.33 Å². The fourth-order valence-electron chi connectivity index (χ4n) is 3.47. The Kier molecular flexibility index (Phi) is 6.08. The number of benzene rings is 1. The Morgan fingerprint density at radius 3 is 2.69 bits per heavy atom. The highest BCUT2D eigenvalue weighted by Gasteiger charge is 2.22. The molecule has 2 aromatic rings. The molecule has 0 radical (unpaired) electrons. The highest BCUT2D eigenvalue weighted by molar-refractivity contribution is 6.40. The number of rotatable bonds is 5. The van der Waals surface area contributed by atoms with E-state index in [1.54, 1.807) is 13.2 Å². The van der Waals surface area contributed by atoms with Gasteiger partial charge in [0, 0.05) is 16.5 Å². The summed E-state index contributed by atoms with van der Waals surface area (Å²) in [4.78, 5) is 8.62. The SMILES string of the molecule is COc1cc2ncnc(NC3=C(F)C(Cl)=C(Cl)CC3)c2cc1OC1CCNCC1. The second kappa shape index (κ2) is 8.73. The van der Waals surface area contributed by atoms with Gasteiger partial charge in [-0.25, -0.2) is 14.4 Å². The molecule has 1 aliphatic heterocycles. The second-order valence-corrected chi connectivity index (χ2v) is 7.78. The molecule has 2 aliphatic rings. The van der Waals surface area contributed by atoms with E-state index in [1.807, 2.05) is 6.07 Å². The van der Waals surface area contributed by atoms with Crippen LogP contribution in [0.2, 0.25) is 0 Å². The van der Waals surface area contributed by atoms with Gasteiger partial charge in [-0.05, 0) is 44.8 Å². The first-order chi connectivity index (χ1) is 14.1. The number of hydrogen-bond donors (Lipinski definition) is 2. The number of halogens is 3. The van der Waals surface area contributed by atoms with E-state index < -0.39 is 5.83 Å². The summed E-state index contributed by atoms with van der Waals surface area (Å²) in [6, 6.07) is 3.64. The van der Waals surface area contributed by atoms with Crippen LogP contribution in [0, 0.1) is 0 Å². The summed E-state index contributed by atoms with van der Waals surface area (Å²) in [6.07, 6.45) is 4.23. The lowest BCUT2D eigenvalue weighted by atomic mass is 10.1. The molecular formula is C20H21Cl2FN4O2. The third-order valence-corrected chi connectivity index (χ3v) is 5.93. The van der Waals surface area contributed by atoms with Crippen LogP contribution in [0.3, 0.4) is 0 Å². The van der Waals surface area contributed by atoms with Gasteiger partial charge < -0.3 is 20.1 Å². The third kappa shape index (κ3) is 4.27. The van der Waals surface area contributed by atoms with Crippen molar-refractivity contribution in [1.82, 2.24) is 15.3 Å². The molecule has 1 aromatic heterocycles. The third-order valence-electron chi connectivity index (χ3n) is 5.06. The van der Waals surface area contributed by atoms with Crippen molar-refractivity contribution < 1.29 is 13.9 Å². The van der Waals surface area contributed by atoms with Crippen molar-refractivity contribution >= 4 is 39.9 Å². The lowest BCUT2D eigenvalue weighted by Crippen LogP contribution is -2.34. The van der Waals surface area contributed by atoms with Crippen molar-refractivity contribution in [1.29, 1.82) is 0 Å². The standard InChI is InChI=1S/C20H21Cl2FN4O2/c1-28-16-9-15-12(8-17(16)29-11-4-6-24-7-5-11)20(26-10-25-15)27-14-3-2-13(21)18(22)19(14)23/h8-11,24H,2-7H2,1H3,(H,25,26,27). The number of nitrogens with one attached hydrogen (secondary N) is 2. The maximum absolute atomic E-state index is 14.5. The lowest BCUT2D eigenvalue weighted by molar-refractivity contribution is 0.157. The van der Waals surface area contributed by atoms with Crippen LogP contribution in [0.25, 0.3) is 10.9 Å². The molecule has 0 amide bonds. The summed E-state index contributed by atoms with van der Waals surface area (Å²) in [5.74, 6) is 1.13. The monoisotopic (exact) mass is 438 g/mol. The number of aromatic nitrogens is 2. The Bertz CT molecular complexity index is 990. The van der Waals surface area contributed by atoms with Crippen LogP contribution in [-0.4, -0.2) is 36.3 Å². The number of allylic oxidation sites excluding steroid dienone is 4. The molecule has 0 unspecified atom stereocenters. The number of anilines is 1. The molecule has 6 nitrogen and oxygen atoms in total. The molecule has 2 N–H and O–H groups in total. The number of hydrogen-bond acceptors (Lipinski definition) is 6. The van der Waals surface area contributed by atoms with Crippen molar-refractivity contribution in [2.24, 2.45) is 0 Å². The zero-order valence-corrected chi connectivity index (χ0v) is 17.4. The summed E-state index contributed by atoms with van der Waals surface area (Å²) in [5.41, 5.74) is 1.00. The molecule has 2 heterocycles. The smallest absolute Gasteiger partial charge is 0.162 e. The summed E-state index contributed by atoms with van der Waals surface area (Å²) < 4.78 is 26.2. The van der Waals surface area contributed by atoms with Gasteiger partial charge in [-0.2, -0.15) is 0 Å². The number of nitrogens with zero attached hydrogens (tertiary/aromatic N) is 2. The van der Waals surface area contributed by atoms with Crippen molar-refractivity contribution in [3.8, 4) is 11.5 Å². The molecule has 0 bridgehead atoms. The Balaban J connectivity index is 1.70. The normalized spacial score (nSPS) is 18.3. The molecule has 0 saturated carbocycles. The van der Waals surface area contributed by atoms with E-state index in [2.05, 4.69) is 20.6 Å². The molecule has 1 fully saturated rings. The van der Waals surface area contributed by atoms with Crippen LogP contribution in [-0.2, 0) is 0 Å². The van der Waals surface area contributed by atoms with Crippen LogP contribution in [0.4, 0.5) is 10.2 Å². The maximum atomic E-state index is 14.5. The van der Waals surface area contributed by atoms with Gasteiger partial charge >= 0.3 is 0 Å². The Morgan fingerprint density at radius 2 is 1.93 bits per heavy atom. The predicted octanol–water partition coefficient (Wildman–Crippen LogP) is 4.85. The van der Waals surface area contributed by atoms with Gasteiger partial charge in [0.15, 0.2) is 17.3 Å². The van der Waals surface area contributed by atoms with E-state index in [-0.39, 0.29) is 11.1 Å². The van der Waals surface area contributed by atoms with Crippen molar-refractivity contribution in [2.75, 3.05) is 25.5 Å². The molecule has 0 spiro atoms. The van der Waals surface area contributed by atoms with Gasteiger partial charge in [0.2, 0.25) is 0 Å². The quantitative estimate of drug-likeness (QED) is 0.695. The van der Waals surface area contributed by atoms with E-state index in [9.17, 15) is 4.39 Å². The van der Waals surface area contributed by atoms with E-state index in [0.717, 1.165) is 25.9 Å². The van der Waals surface area contributed by atoms with Crippen LogP contribution in [0.15, 0.2) is 40.0 Å². The highest BCUT2D eigenvalue weighted by Crippen LogP contribution is 2.38. The van der Waals surface area contributed by atoms with Gasteiger partial charge in [-0.1, -0.05) is 23.2 Å². The minimum atomic E-state index is -0.561. The molecule has 154 valence electrons. The molecular weight excluding hydrogens is 418 g/mol. The first kappa shape index (κ1) is 20.2. The number of piperidine rings is 1. The van der Waals surface area contributed by atoms with Gasteiger partial charge in [0.25, 0.3) is 0 Å². The van der Waals surface area contributed by atoms with E-state index in [0.29, 0.717) is 51.8 Å². The van der Waals surface area contributed by atoms with Gasteiger partial charge in [0.05, 0.1) is 23.4 Å². The molecule has 9 heteroatoms. The van der Waals surface area contributed by atoms with Crippen molar-refractivity contribution in [2.45, 2.75) is 31.8 Å². The topological polar surface area (TPSA) is 68.3 Å². The number of methoxy groups -OCH3 is 1. The number of fused-ring (bicyclic) bond motifs is 1. The van der Waals surface area contributed by atoms with Gasteiger partial charge in [-0.15, -0.1) is 0 Å². The lowest BCUT2D eigenvalue weighted by Gasteiger charge is -2.25. The Hall–Kier alpha value is -2.09. The summed E-state index contributed by atoms with van der Waals surface area (Å²) in [6.45, 7) is 1.83. The number of ether oxygens (including phenoxy) is 2. The molecule has 1 aliphatic carbocycles. The van der Waals surface area contributed by atoms with E-state index in [4.69, 9.17) is 32.7 Å². The summed E-state index contributed by atoms with van der Waals surface area (Å²) in [5, 5.41) is 7.35. The average molecular weight is 439 g/mol. The zero-order valence-electron chi connectivity index (χ0n) is 15.9. The Morgan fingerprint density at radius 1 is 1.14 bits per heavy atom. The Labute approximate surface area is 178 Å². The van der Waals surface area contributed by atoms with Crippen LogP contribution in [0.5, 0.6) is 11.5 Å². The molecule has 1 aromatic carbocycles. The van der Waals surface area contributed by atoms with Gasteiger partial charge in [0.1, 0.15) is 18.2 Å². The minimum Gasteiger partial charge on any atom is -0.493 e. The van der Waals surface area contributed by atoms with E-state index >= 15 is 0 Å². The van der Waals surface area contributed by atoms with Crippen molar-refractivity contribution in [3.05, 3.63) is 40.0 Å². The fraction of sp³-hybridized carbons (Fsp3) is 0.400. The largest absolute Gasteiger partial charge is 0.493 e. The van der Waals surface area contributed by atoms with Gasteiger partial charge in [-0.3, -0.25) is 0 Å². The first-order valence-electron chi connectivity index (χ1n) is 9.47. The average Bonchev–Trinajstić information content (AvgIpc) is 2.74. The molecule has 4 rings (SSSR count). The fourth-order valence-corrected chi connectivity index (χ4v) is 3.86. The highest BCUT2D eigenvalue weighted by atomic mass is 35.5. The van der Waals surface area contributed by atoms with Crippen LogP contribution in [0.1, 0.15) is 25.7 Å². The van der Waals surface area contributed by atoms with Crippen LogP contribution >= 0.6 is 23.2 Å². The molecule has 29 heavy (non-hydrogen) atoms. The second-order valence-electron chi connectivity index (χ2n) is 6.95. The van der Waals surface area contributed by atoms with Crippen LogP contribution < -0.4 is 20.1 Å². The summed E-state index contributed by atoms with van der Waals surface area (Å²) >= 11 is 11.9. The molecule has 0 atom stereocenters. The zero-order chi connectivity index (χ0) is 20.4. The predicted molar refractivity (Wildman–Crippen MR) is 112 cm³/mol. The minimum absolute atomic E-state index is 0.0598. The maximum Gasteiger partial charge on any atom is 0.162 e. The summed E-state index contributed by atoms with van der Waals surface area (Å²) in [7, 11) is 1.59. The molecule has 1 saturated heterocycles.